The molecule has 0 bridgehead atoms. The fraction of sp³-hybridized carbons (Fsp3) is 0.333. The summed E-state index contributed by atoms with van der Waals surface area (Å²) in [5.74, 6) is 0. The second-order valence-electron chi connectivity index (χ2n) is 2.84. The van der Waals surface area contributed by atoms with Gasteiger partial charge in [0.1, 0.15) is 5.69 Å². The summed E-state index contributed by atoms with van der Waals surface area (Å²) >= 11 is 0. The molecule has 0 N–H and O–H groups in total. The summed E-state index contributed by atoms with van der Waals surface area (Å²) in [6.07, 6.45) is 5.40. The maximum absolute atomic E-state index is 4.13. The Morgan fingerprint density at radius 2 is 2.07 bits per heavy atom. The van der Waals surface area contributed by atoms with Gasteiger partial charge in [-0.05, 0) is 12.5 Å². The van der Waals surface area contributed by atoms with E-state index in [-0.39, 0.29) is 0 Å². The molecule has 1 aromatic rings. The second-order valence-corrected chi connectivity index (χ2v) is 2.84. The first-order valence-corrected chi connectivity index (χ1v) is 5.00. The van der Waals surface area contributed by atoms with Crippen molar-refractivity contribution in [3.8, 4) is 0 Å². The van der Waals surface area contributed by atoms with Gasteiger partial charge in [-0.15, -0.1) is 0 Å². The average molecular weight is 205 g/mol. The van der Waals surface area contributed by atoms with Crippen LogP contribution >= 0.6 is 0 Å². The van der Waals surface area contributed by atoms with E-state index in [0.29, 0.717) is 0 Å². The molecule has 0 atom stereocenters. The molecule has 0 spiro atoms. The first-order chi connectivity index (χ1) is 7.13. The largest absolute Gasteiger partial charge is 0.187 e. The number of aryl methyl sites for hydroxylation is 1. The van der Waals surface area contributed by atoms with Crippen LogP contribution < -0.4 is 0 Å². The third kappa shape index (κ3) is 4.40. The lowest BCUT2D eigenvalue weighted by molar-refractivity contribution is 0.652. The quantitative estimate of drug-likeness (QED) is 0.710. The van der Waals surface area contributed by atoms with E-state index in [1.165, 1.54) is 4.80 Å². The van der Waals surface area contributed by atoms with Gasteiger partial charge in [0, 0.05) is 7.05 Å². The number of aromatic nitrogens is 3. The Balaban J connectivity index is 0.000000921. The van der Waals surface area contributed by atoms with E-state index < -0.39 is 0 Å². The number of rotatable bonds is 3. The molecule has 3 nitrogen and oxygen atoms in total. The third-order valence-corrected chi connectivity index (χ3v) is 1.65. The highest BCUT2D eigenvalue weighted by molar-refractivity contribution is 5.69. The number of hydrogen-bond donors (Lipinski definition) is 0. The fourth-order valence-electron chi connectivity index (χ4n) is 0.901. The topological polar surface area (TPSA) is 30.7 Å². The van der Waals surface area contributed by atoms with Gasteiger partial charge >= 0.3 is 0 Å². The maximum atomic E-state index is 4.13. The molecule has 3 heteroatoms. The summed E-state index contributed by atoms with van der Waals surface area (Å²) in [6, 6.07) is 0. The zero-order chi connectivity index (χ0) is 11.8. The van der Waals surface area contributed by atoms with Crippen molar-refractivity contribution in [2.45, 2.75) is 20.8 Å². The van der Waals surface area contributed by atoms with Crippen molar-refractivity contribution in [1.82, 2.24) is 15.0 Å². The van der Waals surface area contributed by atoms with Crippen molar-refractivity contribution in [3.63, 3.8) is 0 Å². The van der Waals surface area contributed by atoms with Crippen LogP contribution in [0.4, 0.5) is 0 Å². The van der Waals surface area contributed by atoms with Crippen molar-refractivity contribution in [2.75, 3.05) is 0 Å². The van der Waals surface area contributed by atoms with Crippen molar-refractivity contribution in [2.24, 2.45) is 7.05 Å². The predicted molar refractivity (Wildman–Crippen MR) is 65.3 cm³/mol. The molecule has 1 heterocycles. The Kier molecular flexibility index (Phi) is 6.02. The van der Waals surface area contributed by atoms with Gasteiger partial charge in [0.25, 0.3) is 0 Å². The zero-order valence-corrected chi connectivity index (χ0v) is 9.99. The number of nitrogens with zero attached hydrogens (tertiary/aromatic N) is 3. The molecule has 82 valence electrons. The Morgan fingerprint density at radius 1 is 1.47 bits per heavy atom. The van der Waals surface area contributed by atoms with E-state index in [9.17, 15) is 0 Å². The van der Waals surface area contributed by atoms with Crippen molar-refractivity contribution in [3.05, 3.63) is 42.8 Å². The SMILES string of the molecule is C=C/C(C)=C\C(=C)c1cnn(C)n1.CC. The van der Waals surface area contributed by atoms with Crippen LogP contribution in [0, 0.1) is 0 Å². The van der Waals surface area contributed by atoms with E-state index in [1.807, 2.05) is 26.8 Å². The van der Waals surface area contributed by atoms with Gasteiger partial charge in [0.05, 0.1) is 6.20 Å². The molecule has 0 aliphatic rings. The molecule has 1 rings (SSSR count). The van der Waals surface area contributed by atoms with Crippen LogP contribution in [-0.4, -0.2) is 15.0 Å². The summed E-state index contributed by atoms with van der Waals surface area (Å²) in [4.78, 5) is 1.51. The van der Waals surface area contributed by atoms with Crippen LogP contribution in [0.15, 0.2) is 37.1 Å². The average Bonchev–Trinajstić information content (AvgIpc) is 2.67. The molecule has 0 saturated heterocycles. The van der Waals surface area contributed by atoms with Crippen LogP contribution in [-0.2, 0) is 7.05 Å². The van der Waals surface area contributed by atoms with Crippen LogP contribution in [0.2, 0.25) is 0 Å². The maximum Gasteiger partial charge on any atom is 0.112 e. The Morgan fingerprint density at radius 3 is 2.47 bits per heavy atom. The highest BCUT2D eigenvalue weighted by Gasteiger charge is 1.99. The molecule has 0 fully saturated rings. The molecule has 1 aromatic heterocycles. The first kappa shape index (κ1) is 13.4. The highest BCUT2D eigenvalue weighted by Crippen LogP contribution is 2.11. The van der Waals surface area contributed by atoms with E-state index in [0.717, 1.165) is 16.8 Å². The van der Waals surface area contributed by atoms with Crippen LogP contribution in [0.3, 0.4) is 0 Å². The monoisotopic (exact) mass is 205 g/mol. The highest BCUT2D eigenvalue weighted by atomic mass is 15.4. The van der Waals surface area contributed by atoms with Crippen molar-refractivity contribution >= 4 is 5.57 Å². The minimum absolute atomic E-state index is 0.795. The van der Waals surface area contributed by atoms with Crippen molar-refractivity contribution in [1.29, 1.82) is 0 Å². The Labute approximate surface area is 91.8 Å². The normalized spacial score (nSPS) is 10.3. The Hall–Kier alpha value is -1.64. The van der Waals surface area contributed by atoms with Gasteiger partial charge in [0.2, 0.25) is 0 Å². The van der Waals surface area contributed by atoms with E-state index >= 15 is 0 Å². The lowest BCUT2D eigenvalue weighted by Gasteiger charge is -1.94. The molecule has 0 saturated carbocycles. The van der Waals surface area contributed by atoms with E-state index in [2.05, 4.69) is 23.4 Å². The summed E-state index contributed by atoms with van der Waals surface area (Å²) in [6.45, 7) is 13.5. The molecule has 0 amide bonds. The molecule has 0 aliphatic carbocycles. The van der Waals surface area contributed by atoms with Crippen LogP contribution in [0.1, 0.15) is 26.5 Å². The summed E-state index contributed by atoms with van der Waals surface area (Å²) in [7, 11) is 1.78. The van der Waals surface area contributed by atoms with Gasteiger partial charge in [-0.1, -0.05) is 44.7 Å². The van der Waals surface area contributed by atoms with Gasteiger partial charge < -0.3 is 0 Å². The van der Waals surface area contributed by atoms with Gasteiger partial charge in [0.15, 0.2) is 0 Å². The van der Waals surface area contributed by atoms with Crippen LogP contribution in [0.25, 0.3) is 5.57 Å². The summed E-state index contributed by atoms with van der Waals surface area (Å²) < 4.78 is 0. The lowest BCUT2D eigenvalue weighted by atomic mass is 10.1. The zero-order valence-electron chi connectivity index (χ0n) is 9.99. The van der Waals surface area contributed by atoms with E-state index in [1.54, 1.807) is 19.3 Å². The molecule has 0 radical (unpaired) electrons. The third-order valence-electron chi connectivity index (χ3n) is 1.65. The minimum Gasteiger partial charge on any atom is -0.187 e. The van der Waals surface area contributed by atoms with Crippen LogP contribution in [0.5, 0.6) is 0 Å². The Bertz CT molecular complexity index is 359. The van der Waals surface area contributed by atoms with E-state index in [4.69, 9.17) is 0 Å². The molecule has 0 unspecified atom stereocenters. The second kappa shape index (κ2) is 6.76. The predicted octanol–water partition coefficient (Wildman–Crippen LogP) is 2.99. The molecular formula is C12H19N3. The standard InChI is InChI=1S/C10H13N3.C2H6/c1-5-8(2)6-9(3)10-7-11-13(4)12-10;1-2/h5-7H,1,3H2,2,4H3;1-2H3/b8-6-;. The first-order valence-electron chi connectivity index (χ1n) is 5.00. The fourth-order valence-corrected chi connectivity index (χ4v) is 0.901. The smallest absolute Gasteiger partial charge is 0.112 e. The molecule has 0 aromatic carbocycles. The number of allylic oxidation sites excluding steroid dienone is 4. The lowest BCUT2D eigenvalue weighted by Crippen LogP contribution is -1.92. The molecule has 0 aliphatic heterocycles. The molecular weight excluding hydrogens is 186 g/mol. The van der Waals surface area contributed by atoms with Gasteiger partial charge in [-0.25, -0.2) is 0 Å². The minimum atomic E-state index is 0.795. The van der Waals surface area contributed by atoms with Gasteiger partial charge in [-0.2, -0.15) is 15.0 Å². The summed E-state index contributed by atoms with van der Waals surface area (Å²) in [5.41, 5.74) is 2.71. The van der Waals surface area contributed by atoms with Gasteiger partial charge in [-0.3, -0.25) is 0 Å². The van der Waals surface area contributed by atoms with Crippen molar-refractivity contribution < 1.29 is 0 Å². The molecule has 15 heavy (non-hydrogen) atoms. The summed E-state index contributed by atoms with van der Waals surface area (Å²) in [5, 5.41) is 8.09. The number of hydrogen-bond acceptors (Lipinski definition) is 2.